The fourth-order valence-corrected chi connectivity index (χ4v) is 1.74. The van der Waals surface area contributed by atoms with Gasteiger partial charge in [0.05, 0.1) is 6.10 Å². The maximum Gasteiger partial charge on any atom is 0.523 e. The molecule has 1 aromatic carbocycles. The van der Waals surface area contributed by atoms with Crippen molar-refractivity contribution in [1.29, 1.82) is 0 Å². The van der Waals surface area contributed by atoms with Gasteiger partial charge in [-0.05, 0) is 19.4 Å². The molecule has 0 amide bonds. The van der Waals surface area contributed by atoms with E-state index in [0.29, 0.717) is 5.56 Å². The predicted octanol–water partition coefficient (Wildman–Crippen LogP) is 2.92. The molecule has 0 heterocycles. The van der Waals surface area contributed by atoms with E-state index in [-0.39, 0.29) is 0 Å². The second kappa shape index (κ2) is 4.66. The Bertz CT molecular complexity index is 477. The highest BCUT2D eigenvalue weighted by atomic mass is 32.2. The summed E-state index contributed by atoms with van der Waals surface area (Å²) < 4.78 is 61.8. The number of benzene rings is 1. The van der Waals surface area contributed by atoms with Gasteiger partial charge in [-0.2, -0.15) is 21.6 Å². The molecule has 96 valence electrons. The summed E-state index contributed by atoms with van der Waals surface area (Å²) in [4.78, 5) is 0. The van der Waals surface area contributed by atoms with Gasteiger partial charge in [-0.1, -0.05) is 29.8 Å². The van der Waals surface area contributed by atoms with Gasteiger partial charge in [0.2, 0.25) is 0 Å². The Labute approximate surface area is 97.3 Å². The highest BCUT2D eigenvalue weighted by Gasteiger charge is 2.48. The molecule has 0 saturated heterocycles. The quantitative estimate of drug-likeness (QED) is 0.625. The summed E-state index contributed by atoms with van der Waals surface area (Å²) in [6.07, 6.45) is -1.18. The summed E-state index contributed by atoms with van der Waals surface area (Å²) in [5, 5.41) is 0. The number of halogens is 3. The number of hydrogen-bond acceptors (Lipinski definition) is 3. The van der Waals surface area contributed by atoms with E-state index in [4.69, 9.17) is 0 Å². The van der Waals surface area contributed by atoms with Crippen molar-refractivity contribution in [2.45, 2.75) is 25.5 Å². The SMILES string of the molecule is Cc1ccc(C(C)OS(=O)(=O)C(F)(F)F)cc1. The molecule has 0 aliphatic rings. The van der Waals surface area contributed by atoms with E-state index >= 15 is 0 Å². The first-order valence-corrected chi connectivity index (χ1v) is 6.10. The first-order valence-electron chi connectivity index (χ1n) is 4.69. The second-order valence-corrected chi connectivity index (χ2v) is 5.11. The summed E-state index contributed by atoms with van der Waals surface area (Å²) >= 11 is 0. The van der Waals surface area contributed by atoms with Crippen LogP contribution in [0.25, 0.3) is 0 Å². The van der Waals surface area contributed by atoms with Gasteiger partial charge in [0, 0.05) is 0 Å². The lowest BCUT2D eigenvalue weighted by atomic mass is 10.1. The first kappa shape index (κ1) is 14.0. The second-order valence-electron chi connectivity index (χ2n) is 3.55. The lowest BCUT2D eigenvalue weighted by molar-refractivity contribution is -0.0569. The van der Waals surface area contributed by atoms with Crippen molar-refractivity contribution in [3.8, 4) is 0 Å². The van der Waals surface area contributed by atoms with Crippen molar-refractivity contribution in [3.05, 3.63) is 35.4 Å². The molecule has 0 aliphatic heterocycles. The molecule has 0 radical (unpaired) electrons. The zero-order valence-electron chi connectivity index (χ0n) is 9.15. The average molecular weight is 268 g/mol. The van der Waals surface area contributed by atoms with Gasteiger partial charge in [-0.3, -0.25) is 4.18 Å². The highest BCUT2D eigenvalue weighted by Crippen LogP contribution is 2.29. The van der Waals surface area contributed by atoms with E-state index in [9.17, 15) is 21.6 Å². The minimum absolute atomic E-state index is 0.364. The van der Waals surface area contributed by atoms with Crippen LogP contribution in [0, 0.1) is 6.92 Å². The minimum Gasteiger partial charge on any atom is -0.255 e. The fourth-order valence-electron chi connectivity index (χ4n) is 1.14. The number of alkyl halides is 3. The van der Waals surface area contributed by atoms with Crippen LogP contribution in [-0.2, 0) is 14.3 Å². The van der Waals surface area contributed by atoms with Gasteiger partial charge < -0.3 is 0 Å². The first-order chi connectivity index (χ1) is 7.63. The molecule has 1 atom stereocenters. The zero-order valence-corrected chi connectivity index (χ0v) is 9.97. The molecule has 0 saturated carbocycles. The Balaban J connectivity index is 2.87. The van der Waals surface area contributed by atoms with Crippen molar-refractivity contribution >= 4 is 10.1 Å². The van der Waals surface area contributed by atoms with E-state index in [1.807, 2.05) is 6.92 Å². The van der Waals surface area contributed by atoms with Crippen LogP contribution in [0.4, 0.5) is 13.2 Å². The largest absolute Gasteiger partial charge is 0.523 e. The van der Waals surface area contributed by atoms with Gasteiger partial charge in [0.1, 0.15) is 0 Å². The van der Waals surface area contributed by atoms with E-state index in [1.54, 1.807) is 12.1 Å². The Kier molecular flexibility index (Phi) is 3.83. The van der Waals surface area contributed by atoms with Crippen LogP contribution >= 0.6 is 0 Å². The Morgan fingerprint density at radius 3 is 2.06 bits per heavy atom. The minimum atomic E-state index is -5.56. The van der Waals surface area contributed by atoms with Crippen molar-refractivity contribution < 1.29 is 25.8 Å². The van der Waals surface area contributed by atoms with Gasteiger partial charge in [-0.15, -0.1) is 0 Å². The molecular formula is C10H11F3O3S. The highest BCUT2D eigenvalue weighted by molar-refractivity contribution is 7.87. The zero-order chi connectivity index (χ0) is 13.3. The van der Waals surface area contributed by atoms with Crippen LogP contribution < -0.4 is 0 Å². The van der Waals surface area contributed by atoms with Crippen molar-refractivity contribution in [1.82, 2.24) is 0 Å². The molecule has 7 heteroatoms. The summed E-state index contributed by atoms with van der Waals surface area (Å²) in [5.41, 5.74) is -4.12. The standard InChI is InChI=1S/C10H11F3O3S/c1-7-3-5-9(6-4-7)8(2)16-17(14,15)10(11,12)13/h3-6,8H,1-2H3. The average Bonchev–Trinajstić information content (AvgIpc) is 2.16. The van der Waals surface area contributed by atoms with Crippen LogP contribution in [-0.4, -0.2) is 13.9 Å². The maximum absolute atomic E-state index is 12.1. The number of aryl methyl sites for hydroxylation is 1. The summed E-state index contributed by atoms with van der Waals surface area (Å²) in [7, 11) is -5.56. The molecule has 1 unspecified atom stereocenters. The number of hydrogen-bond donors (Lipinski definition) is 0. The molecule has 0 fully saturated rings. The summed E-state index contributed by atoms with van der Waals surface area (Å²) in [5.74, 6) is 0. The predicted molar refractivity (Wildman–Crippen MR) is 55.7 cm³/mol. The summed E-state index contributed by atoms with van der Waals surface area (Å²) in [6.45, 7) is 3.05. The van der Waals surface area contributed by atoms with Crippen molar-refractivity contribution in [2.24, 2.45) is 0 Å². The normalized spacial score (nSPS) is 14.6. The van der Waals surface area contributed by atoms with Crippen LogP contribution in [0.3, 0.4) is 0 Å². The van der Waals surface area contributed by atoms with Crippen LogP contribution in [0.5, 0.6) is 0 Å². The number of rotatable bonds is 3. The fraction of sp³-hybridized carbons (Fsp3) is 0.400. The Morgan fingerprint density at radius 1 is 1.18 bits per heavy atom. The van der Waals surface area contributed by atoms with Crippen LogP contribution in [0.1, 0.15) is 24.2 Å². The molecule has 1 aromatic rings. The van der Waals surface area contributed by atoms with Crippen molar-refractivity contribution in [3.63, 3.8) is 0 Å². The lowest BCUT2D eigenvalue weighted by Crippen LogP contribution is -2.26. The van der Waals surface area contributed by atoms with E-state index < -0.39 is 21.7 Å². The van der Waals surface area contributed by atoms with Crippen LogP contribution in [0.15, 0.2) is 24.3 Å². The molecule has 0 bridgehead atoms. The lowest BCUT2D eigenvalue weighted by Gasteiger charge is -2.14. The monoisotopic (exact) mass is 268 g/mol. The maximum atomic E-state index is 12.1. The van der Waals surface area contributed by atoms with E-state index in [2.05, 4.69) is 4.18 Å². The Morgan fingerprint density at radius 2 is 1.65 bits per heavy atom. The molecule has 0 spiro atoms. The molecule has 1 rings (SSSR count). The van der Waals surface area contributed by atoms with Gasteiger partial charge >= 0.3 is 15.6 Å². The van der Waals surface area contributed by atoms with E-state index in [1.165, 1.54) is 19.1 Å². The van der Waals surface area contributed by atoms with E-state index in [0.717, 1.165) is 5.56 Å². The third kappa shape index (κ3) is 3.44. The molecule has 17 heavy (non-hydrogen) atoms. The topological polar surface area (TPSA) is 43.4 Å². The molecule has 0 aliphatic carbocycles. The van der Waals surface area contributed by atoms with Gasteiger partial charge in [-0.25, -0.2) is 0 Å². The molecular weight excluding hydrogens is 257 g/mol. The molecule has 0 aromatic heterocycles. The van der Waals surface area contributed by atoms with Gasteiger partial charge in [0.15, 0.2) is 0 Å². The van der Waals surface area contributed by atoms with Gasteiger partial charge in [0.25, 0.3) is 0 Å². The smallest absolute Gasteiger partial charge is 0.255 e. The molecule has 0 N–H and O–H groups in total. The third-order valence-electron chi connectivity index (χ3n) is 2.10. The molecule has 3 nitrogen and oxygen atoms in total. The van der Waals surface area contributed by atoms with Crippen molar-refractivity contribution in [2.75, 3.05) is 0 Å². The summed E-state index contributed by atoms with van der Waals surface area (Å²) in [6, 6.07) is 6.36. The Hall–Kier alpha value is -1.08. The van der Waals surface area contributed by atoms with Crippen LogP contribution in [0.2, 0.25) is 0 Å². The third-order valence-corrected chi connectivity index (χ3v) is 3.21.